The molecule has 0 aromatic rings. The van der Waals surface area contributed by atoms with E-state index in [4.69, 9.17) is 4.52 Å². The third kappa shape index (κ3) is 5.01. The van der Waals surface area contributed by atoms with E-state index in [1.54, 1.807) is 0 Å². The molecule has 0 spiro atoms. The van der Waals surface area contributed by atoms with E-state index in [-0.39, 0.29) is 5.92 Å². The molecule has 2 atom stereocenters. The highest BCUT2D eigenvalue weighted by molar-refractivity contribution is 7.48. The number of phosphoric acid groups is 1. The fourth-order valence-corrected chi connectivity index (χ4v) is 2.04. The van der Waals surface area contributed by atoms with Crippen LogP contribution in [-0.2, 0) is 22.9 Å². The van der Waals surface area contributed by atoms with Crippen molar-refractivity contribution in [3.05, 3.63) is 0 Å². The lowest BCUT2D eigenvalue weighted by Crippen LogP contribution is -2.19. The van der Waals surface area contributed by atoms with Crippen LogP contribution in [0, 0.1) is 5.92 Å². The SMILES string of the molecule is CCCC(C)C(N=C=O)OP(=O)(OC)OC. The average Bonchev–Trinajstić information content (AvgIpc) is 2.28. The molecule has 7 heteroatoms. The number of hydrogen-bond acceptors (Lipinski definition) is 6. The Labute approximate surface area is 95.6 Å². The highest BCUT2D eigenvalue weighted by atomic mass is 31.2. The van der Waals surface area contributed by atoms with Gasteiger partial charge in [-0.2, -0.15) is 4.99 Å². The Morgan fingerprint density at radius 3 is 2.31 bits per heavy atom. The van der Waals surface area contributed by atoms with Gasteiger partial charge >= 0.3 is 7.82 Å². The molecule has 6 nitrogen and oxygen atoms in total. The zero-order valence-corrected chi connectivity index (χ0v) is 10.9. The Morgan fingerprint density at radius 2 is 1.94 bits per heavy atom. The summed E-state index contributed by atoms with van der Waals surface area (Å²) in [5.74, 6) is -0.0647. The molecule has 0 amide bonds. The smallest absolute Gasteiger partial charge is 0.290 e. The van der Waals surface area contributed by atoms with Crippen molar-refractivity contribution in [2.75, 3.05) is 14.2 Å². The van der Waals surface area contributed by atoms with Crippen LogP contribution < -0.4 is 0 Å². The van der Waals surface area contributed by atoms with Crippen molar-refractivity contribution in [3.8, 4) is 0 Å². The summed E-state index contributed by atoms with van der Waals surface area (Å²) in [4.78, 5) is 13.7. The van der Waals surface area contributed by atoms with E-state index >= 15 is 0 Å². The van der Waals surface area contributed by atoms with E-state index in [2.05, 4.69) is 14.0 Å². The first-order valence-electron chi connectivity index (χ1n) is 4.99. The molecule has 0 aliphatic carbocycles. The van der Waals surface area contributed by atoms with Gasteiger partial charge in [-0.05, 0) is 6.42 Å². The van der Waals surface area contributed by atoms with E-state index in [0.717, 1.165) is 12.8 Å². The predicted molar refractivity (Wildman–Crippen MR) is 58.7 cm³/mol. The Morgan fingerprint density at radius 1 is 1.38 bits per heavy atom. The number of aliphatic imine (C=N–C) groups is 1. The average molecular weight is 251 g/mol. The van der Waals surface area contributed by atoms with Crippen LogP contribution in [0.2, 0.25) is 0 Å². The Hall–Kier alpha value is -0.510. The van der Waals surface area contributed by atoms with E-state index in [9.17, 15) is 9.36 Å². The van der Waals surface area contributed by atoms with Gasteiger partial charge in [0.25, 0.3) is 0 Å². The van der Waals surface area contributed by atoms with Crippen LogP contribution >= 0.6 is 7.82 Å². The Kier molecular flexibility index (Phi) is 7.47. The molecule has 0 saturated heterocycles. The molecule has 0 saturated carbocycles. The quantitative estimate of drug-likeness (QED) is 0.376. The van der Waals surface area contributed by atoms with Gasteiger partial charge in [-0.25, -0.2) is 9.36 Å². The van der Waals surface area contributed by atoms with Gasteiger partial charge in [0.1, 0.15) is 0 Å². The molecular formula is C9H18NO5P. The third-order valence-electron chi connectivity index (χ3n) is 2.10. The fraction of sp³-hybridized carbons (Fsp3) is 0.889. The van der Waals surface area contributed by atoms with Gasteiger partial charge < -0.3 is 0 Å². The highest BCUT2D eigenvalue weighted by Crippen LogP contribution is 2.49. The van der Waals surface area contributed by atoms with Crippen molar-refractivity contribution in [1.82, 2.24) is 0 Å². The maximum atomic E-state index is 11.7. The summed E-state index contributed by atoms with van der Waals surface area (Å²) in [6.07, 6.45) is 2.22. The predicted octanol–water partition coefficient (Wildman–Crippen LogP) is 2.50. The largest absolute Gasteiger partial charge is 0.476 e. The molecule has 0 heterocycles. The standard InChI is InChI=1S/C9H18NO5P/c1-5-6-8(2)9(10-7-11)15-16(12,13-3)14-4/h8-9H,5-6H2,1-4H3. The van der Waals surface area contributed by atoms with Crippen LogP contribution in [0.15, 0.2) is 4.99 Å². The summed E-state index contributed by atoms with van der Waals surface area (Å²) < 4.78 is 26.0. The summed E-state index contributed by atoms with van der Waals surface area (Å²) in [7, 11) is -1.21. The fourth-order valence-electron chi connectivity index (χ4n) is 1.20. The zero-order valence-electron chi connectivity index (χ0n) is 10.0. The molecule has 0 aliphatic rings. The molecular weight excluding hydrogens is 233 g/mol. The lowest BCUT2D eigenvalue weighted by Gasteiger charge is -2.22. The van der Waals surface area contributed by atoms with Crippen LogP contribution in [0.3, 0.4) is 0 Å². The van der Waals surface area contributed by atoms with Crippen LogP contribution in [-0.4, -0.2) is 26.5 Å². The maximum Gasteiger partial charge on any atom is 0.476 e. The summed E-state index contributed by atoms with van der Waals surface area (Å²) in [6.45, 7) is 3.83. The number of rotatable bonds is 8. The van der Waals surface area contributed by atoms with Gasteiger partial charge in [0.15, 0.2) is 6.23 Å². The van der Waals surface area contributed by atoms with Crippen LogP contribution in [0.5, 0.6) is 0 Å². The minimum absolute atomic E-state index is 0.0647. The van der Waals surface area contributed by atoms with Crippen molar-refractivity contribution in [3.63, 3.8) is 0 Å². The molecule has 2 unspecified atom stereocenters. The second-order valence-electron chi connectivity index (χ2n) is 3.29. The molecule has 0 bridgehead atoms. The first-order valence-corrected chi connectivity index (χ1v) is 6.46. The van der Waals surface area contributed by atoms with Gasteiger partial charge in [-0.1, -0.05) is 20.3 Å². The Bertz CT molecular complexity index is 282. The molecule has 0 N–H and O–H groups in total. The molecule has 0 aromatic carbocycles. The zero-order chi connectivity index (χ0) is 12.6. The molecule has 16 heavy (non-hydrogen) atoms. The van der Waals surface area contributed by atoms with Gasteiger partial charge in [0.05, 0.1) is 0 Å². The van der Waals surface area contributed by atoms with Crippen LogP contribution in [0.4, 0.5) is 0 Å². The second kappa shape index (κ2) is 7.71. The first kappa shape index (κ1) is 15.5. The molecule has 0 aliphatic heterocycles. The number of nitrogens with zero attached hydrogens (tertiary/aromatic N) is 1. The lowest BCUT2D eigenvalue weighted by atomic mass is 10.1. The van der Waals surface area contributed by atoms with Crippen molar-refractivity contribution in [2.24, 2.45) is 10.9 Å². The number of phosphoric ester groups is 1. The van der Waals surface area contributed by atoms with Crippen molar-refractivity contribution in [2.45, 2.75) is 32.9 Å². The normalized spacial score (nSPS) is 15.2. The van der Waals surface area contributed by atoms with E-state index in [0.29, 0.717) is 0 Å². The van der Waals surface area contributed by atoms with Gasteiger partial charge in [-0.15, -0.1) is 0 Å². The van der Waals surface area contributed by atoms with Gasteiger partial charge in [0.2, 0.25) is 6.08 Å². The number of isocyanates is 1. The van der Waals surface area contributed by atoms with Crippen LogP contribution in [0.1, 0.15) is 26.7 Å². The van der Waals surface area contributed by atoms with E-state index in [1.165, 1.54) is 20.3 Å². The first-order chi connectivity index (χ1) is 7.52. The monoisotopic (exact) mass is 251 g/mol. The molecule has 0 aromatic heterocycles. The second-order valence-corrected chi connectivity index (χ2v) is 5.13. The van der Waals surface area contributed by atoms with Crippen molar-refractivity contribution in [1.29, 1.82) is 0 Å². The van der Waals surface area contributed by atoms with E-state index in [1.807, 2.05) is 13.8 Å². The maximum absolute atomic E-state index is 11.7. The minimum atomic E-state index is -3.62. The summed E-state index contributed by atoms with van der Waals surface area (Å²) in [5.41, 5.74) is 0. The number of hydrogen-bond donors (Lipinski definition) is 0. The molecule has 0 rings (SSSR count). The third-order valence-corrected chi connectivity index (χ3v) is 3.46. The molecule has 0 fully saturated rings. The Balaban J connectivity index is 4.67. The molecule has 0 radical (unpaired) electrons. The van der Waals surface area contributed by atoms with Gasteiger partial charge in [-0.3, -0.25) is 13.6 Å². The minimum Gasteiger partial charge on any atom is -0.290 e. The lowest BCUT2D eigenvalue weighted by molar-refractivity contribution is 0.0766. The van der Waals surface area contributed by atoms with Crippen molar-refractivity contribution >= 4 is 13.9 Å². The summed E-state index contributed by atoms with van der Waals surface area (Å²) >= 11 is 0. The summed E-state index contributed by atoms with van der Waals surface area (Å²) in [6, 6.07) is 0. The summed E-state index contributed by atoms with van der Waals surface area (Å²) in [5, 5.41) is 0. The van der Waals surface area contributed by atoms with Gasteiger partial charge in [0, 0.05) is 20.1 Å². The topological polar surface area (TPSA) is 74.2 Å². The van der Waals surface area contributed by atoms with Crippen LogP contribution in [0.25, 0.3) is 0 Å². The van der Waals surface area contributed by atoms with E-state index < -0.39 is 14.1 Å². The highest BCUT2D eigenvalue weighted by Gasteiger charge is 2.30. The molecule has 94 valence electrons. The number of carbonyl (C=O) groups excluding carboxylic acids is 1. The van der Waals surface area contributed by atoms with Crippen molar-refractivity contribution < 1.29 is 22.9 Å².